The molecule has 2 heterocycles. The molecular weight excluding hydrogens is 288 g/mol. The van der Waals surface area contributed by atoms with E-state index in [9.17, 15) is 4.79 Å². The van der Waals surface area contributed by atoms with Crippen molar-refractivity contribution in [2.24, 2.45) is 5.73 Å². The van der Waals surface area contributed by atoms with E-state index in [1.54, 1.807) is 13.3 Å². The molecule has 0 unspecified atom stereocenters. The Morgan fingerprint density at radius 3 is 2.90 bits per heavy atom. The number of nitrogens with one attached hydrogen (secondary N) is 1. The van der Waals surface area contributed by atoms with E-state index in [4.69, 9.17) is 22.7 Å². The first-order chi connectivity index (χ1) is 10.1. The van der Waals surface area contributed by atoms with Crippen LogP contribution in [0.25, 0.3) is 11.3 Å². The Bertz CT molecular complexity index is 751. The van der Waals surface area contributed by atoms with Gasteiger partial charge in [-0.05, 0) is 43.7 Å². The largest absolute Gasteiger partial charge is 0.481 e. The monoisotopic (exact) mass is 306 g/mol. The molecule has 0 amide bonds. The lowest BCUT2D eigenvalue weighted by Gasteiger charge is -2.15. The zero-order valence-corrected chi connectivity index (χ0v) is 12.9. The number of nitrogens with zero attached hydrogens (tertiary/aromatic N) is 2. The van der Waals surface area contributed by atoms with Crippen LogP contribution in [0.2, 0.25) is 0 Å². The summed E-state index contributed by atoms with van der Waals surface area (Å²) >= 11 is 5.26. The molecule has 21 heavy (non-hydrogen) atoms. The van der Waals surface area contributed by atoms with Crippen molar-refractivity contribution < 1.29 is 4.74 Å². The van der Waals surface area contributed by atoms with E-state index in [1.807, 2.05) is 17.6 Å². The van der Waals surface area contributed by atoms with Crippen molar-refractivity contribution in [3.05, 3.63) is 39.0 Å². The summed E-state index contributed by atoms with van der Waals surface area (Å²) in [6.07, 6.45) is 2.48. The van der Waals surface area contributed by atoms with Crippen LogP contribution in [0.3, 0.4) is 0 Å². The highest BCUT2D eigenvalue weighted by atomic mass is 32.1. The van der Waals surface area contributed by atoms with Crippen LogP contribution in [0.1, 0.15) is 12.0 Å². The summed E-state index contributed by atoms with van der Waals surface area (Å²) in [7, 11) is 1.55. The van der Waals surface area contributed by atoms with E-state index in [0.717, 1.165) is 17.5 Å². The van der Waals surface area contributed by atoms with Crippen molar-refractivity contribution >= 4 is 12.2 Å². The number of hydrogen-bond donors (Lipinski definition) is 2. The van der Waals surface area contributed by atoms with Crippen molar-refractivity contribution in [1.82, 2.24) is 14.5 Å². The van der Waals surface area contributed by atoms with Crippen LogP contribution in [0.4, 0.5) is 0 Å². The third kappa shape index (κ3) is 3.37. The maximum Gasteiger partial charge on any atom is 0.252 e. The van der Waals surface area contributed by atoms with Gasteiger partial charge in [-0.15, -0.1) is 0 Å². The lowest BCUT2D eigenvalue weighted by Crippen LogP contribution is -2.17. The van der Waals surface area contributed by atoms with Crippen LogP contribution in [0, 0.1) is 11.7 Å². The molecule has 3 N–H and O–H groups in total. The van der Waals surface area contributed by atoms with E-state index in [2.05, 4.69) is 9.97 Å². The zero-order chi connectivity index (χ0) is 15.4. The van der Waals surface area contributed by atoms with Gasteiger partial charge in [-0.25, -0.2) is 4.98 Å². The first kappa shape index (κ1) is 15.4. The Labute approximate surface area is 127 Å². The molecule has 0 atom stereocenters. The molecule has 0 bridgehead atoms. The van der Waals surface area contributed by atoms with Gasteiger partial charge in [-0.1, -0.05) is 0 Å². The molecule has 2 rings (SSSR count). The predicted molar refractivity (Wildman–Crippen MR) is 84.1 cm³/mol. The van der Waals surface area contributed by atoms with Gasteiger partial charge in [-0.3, -0.25) is 9.78 Å². The van der Waals surface area contributed by atoms with Gasteiger partial charge in [0, 0.05) is 18.8 Å². The summed E-state index contributed by atoms with van der Waals surface area (Å²) in [5, 5.41) is 0. The molecule has 7 heteroatoms. The number of rotatable bonds is 5. The number of pyridine rings is 1. The van der Waals surface area contributed by atoms with Gasteiger partial charge < -0.3 is 15.0 Å². The Hall–Kier alpha value is -1.99. The van der Waals surface area contributed by atoms with Crippen LogP contribution in [-0.2, 0) is 6.54 Å². The number of aryl methyl sites for hydroxylation is 1. The lowest BCUT2D eigenvalue weighted by atomic mass is 10.1. The number of hydrogen-bond acceptors (Lipinski definition) is 5. The molecule has 0 aliphatic carbocycles. The molecule has 0 saturated carbocycles. The molecule has 6 nitrogen and oxygen atoms in total. The average molecular weight is 306 g/mol. The third-order valence-electron chi connectivity index (χ3n) is 3.08. The van der Waals surface area contributed by atoms with Crippen molar-refractivity contribution in [3.63, 3.8) is 0 Å². The number of aromatic nitrogens is 3. The quantitative estimate of drug-likeness (QED) is 0.820. The Balaban J connectivity index is 2.70. The number of methoxy groups -OCH3 is 1. The number of H-pyrrole nitrogens is 1. The van der Waals surface area contributed by atoms with E-state index in [0.29, 0.717) is 29.4 Å². The molecule has 0 saturated heterocycles. The molecular formula is C14H18N4O2S. The topological polar surface area (TPSA) is 85.9 Å². The third-order valence-corrected chi connectivity index (χ3v) is 3.40. The fraction of sp³-hybridized carbons (Fsp3) is 0.357. The van der Waals surface area contributed by atoms with Gasteiger partial charge in [0.15, 0.2) is 4.77 Å². The van der Waals surface area contributed by atoms with Gasteiger partial charge in [-0.2, -0.15) is 0 Å². The van der Waals surface area contributed by atoms with Gasteiger partial charge >= 0.3 is 0 Å². The maximum absolute atomic E-state index is 11.8. The highest BCUT2D eigenvalue weighted by Crippen LogP contribution is 2.28. The van der Waals surface area contributed by atoms with Crippen LogP contribution in [0.5, 0.6) is 5.88 Å². The van der Waals surface area contributed by atoms with Crippen LogP contribution < -0.4 is 16.0 Å². The van der Waals surface area contributed by atoms with E-state index < -0.39 is 0 Å². The van der Waals surface area contributed by atoms with Crippen LogP contribution >= 0.6 is 12.2 Å². The minimum atomic E-state index is -0.248. The van der Waals surface area contributed by atoms with E-state index >= 15 is 0 Å². The average Bonchev–Trinajstić information content (AvgIpc) is 2.45. The van der Waals surface area contributed by atoms with Crippen LogP contribution in [-0.4, -0.2) is 28.2 Å². The number of ether oxygens (including phenoxy) is 1. The smallest absolute Gasteiger partial charge is 0.252 e. The SMILES string of the molecule is COc1ncc(C)cc1-c1cc(=O)[nH]c(=S)n1CCCN. The molecule has 0 aliphatic heterocycles. The summed E-state index contributed by atoms with van der Waals surface area (Å²) in [5.41, 5.74) is 7.72. The first-order valence-corrected chi connectivity index (χ1v) is 7.03. The normalized spacial score (nSPS) is 10.6. The summed E-state index contributed by atoms with van der Waals surface area (Å²) in [6, 6.07) is 3.43. The van der Waals surface area contributed by atoms with Crippen LogP contribution in [0.15, 0.2) is 23.1 Å². The van der Waals surface area contributed by atoms with E-state index in [1.165, 1.54) is 6.07 Å². The maximum atomic E-state index is 11.8. The first-order valence-electron chi connectivity index (χ1n) is 6.62. The zero-order valence-electron chi connectivity index (χ0n) is 12.0. The second-order valence-corrected chi connectivity index (χ2v) is 5.07. The predicted octanol–water partition coefficient (Wildman–Crippen LogP) is 1.63. The second kappa shape index (κ2) is 6.64. The minimum absolute atomic E-state index is 0.248. The standard InChI is InChI=1S/C14H18N4O2S/c1-9-6-10(13(20-2)16-8-9)11-7-12(19)17-14(21)18(11)5-3-4-15/h6-8H,3-5,15H2,1-2H3,(H,17,19,21). The second-order valence-electron chi connectivity index (χ2n) is 4.69. The van der Waals surface area contributed by atoms with Crippen molar-refractivity contribution in [1.29, 1.82) is 0 Å². The number of nitrogens with two attached hydrogens (primary N) is 1. The molecule has 112 valence electrons. The van der Waals surface area contributed by atoms with Crippen molar-refractivity contribution in [2.45, 2.75) is 19.9 Å². The molecule has 0 spiro atoms. The van der Waals surface area contributed by atoms with Crippen molar-refractivity contribution in [2.75, 3.05) is 13.7 Å². The van der Waals surface area contributed by atoms with Gasteiger partial charge in [0.05, 0.1) is 18.4 Å². The minimum Gasteiger partial charge on any atom is -0.481 e. The Morgan fingerprint density at radius 1 is 1.48 bits per heavy atom. The Kier molecular flexibility index (Phi) is 4.87. The number of aromatic amines is 1. The molecule has 0 fully saturated rings. The molecule has 2 aromatic heterocycles. The molecule has 2 aromatic rings. The van der Waals surface area contributed by atoms with E-state index in [-0.39, 0.29) is 5.56 Å². The van der Waals surface area contributed by atoms with Gasteiger partial charge in [0.2, 0.25) is 5.88 Å². The molecule has 0 radical (unpaired) electrons. The highest BCUT2D eigenvalue weighted by Gasteiger charge is 2.13. The highest BCUT2D eigenvalue weighted by molar-refractivity contribution is 7.71. The summed E-state index contributed by atoms with van der Waals surface area (Å²) < 4.78 is 7.52. The van der Waals surface area contributed by atoms with Crippen molar-refractivity contribution in [3.8, 4) is 17.1 Å². The fourth-order valence-corrected chi connectivity index (χ4v) is 2.41. The molecule has 0 aromatic carbocycles. The Morgan fingerprint density at radius 2 is 2.24 bits per heavy atom. The summed E-state index contributed by atoms with van der Waals surface area (Å²) in [4.78, 5) is 18.7. The van der Waals surface area contributed by atoms with Gasteiger partial charge in [0.25, 0.3) is 5.56 Å². The molecule has 0 aliphatic rings. The lowest BCUT2D eigenvalue weighted by molar-refractivity contribution is 0.399. The summed E-state index contributed by atoms with van der Waals surface area (Å²) in [6.45, 7) is 3.10. The van der Waals surface area contributed by atoms with Gasteiger partial charge in [0.1, 0.15) is 0 Å². The fourth-order valence-electron chi connectivity index (χ4n) is 2.12. The summed E-state index contributed by atoms with van der Waals surface area (Å²) in [5.74, 6) is 0.460.